The Morgan fingerprint density at radius 3 is 2.53 bits per heavy atom. The summed E-state index contributed by atoms with van der Waals surface area (Å²) >= 11 is 1.60. The number of hydrogen-bond acceptors (Lipinski definition) is 4. The fourth-order valence-corrected chi connectivity index (χ4v) is 2.04. The van der Waals surface area contributed by atoms with E-state index in [0.717, 1.165) is 4.88 Å². The van der Waals surface area contributed by atoms with E-state index >= 15 is 0 Å². The lowest BCUT2D eigenvalue weighted by Crippen LogP contribution is -2.42. The molecule has 0 aliphatic heterocycles. The highest BCUT2D eigenvalue weighted by atomic mass is 32.1. The maximum absolute atomic E-state index is 11.0. The maximum atomic E-state index is 11.0. The van der Waals surface area contributed by atoms with Gasteiger partial charge in [0.1, 0.15) is 0 Å². The molecule has 5 nitrogen and oxygen atoms in total. The molecule has 0 fully saturated rings. The number of nitrogens with one attached hydrogen (secondary N) is 2. The number of rotatable bonds is 2. The number of hydrogen-bond donors (Lipinski definition) is 3. The van der Waals surface area contributed by atoms with Crippen LogP contribution in [-0.4, -0.2) is 11.8 Å². The first-order chi connectivity index (χ1) is 7.04. The van der Waals surface area contributed by atoms with Crippen LogP contribution in [0.3, 0.4) is 0 Å². The smallest absolute Gasteiger partial charge is 0.323 e. The molecule has 15 heavy (non-hydrogen) atoms. The highest BCUT2D eigenvalue weighted by molar-refractivity contribution is 7.12. The van der Waals surface area contributed by atoms with Crippen molar-refractivity contribution in [1.29, 1.82) is 0 Å². The zero-order valence-corrected chi connectivity index (χ0v) is 9.40. The van der Waals surface area contributed by atoms with E-state index < -0.39 is 11.8 Å². The summed E-state index contributed by atoms with van der Waals surface area (Å²) in [6.45, 7) is 4.37. The van der Waals surface area contributed by atoms with Crippen molar-refractivity contribution < 1.29 is 9.59 Å². The van der Waals surface area contributed by atoms with Crippen LogP contribution in [0.25, 0.3) is 0 Å². The van der Waals surface area contributed by atoms with E-state index in [9.17, 15) is 9.59 Å². The molecule has 1 rings (SSSR count). The molecule has 0 saturated carbocycles. The number of thiophene rings is 1. The van der Waals surface area contributed by atoms with E-state index in [1.54, 1.807) is 16.8 Å². The summed E-state index contributed by atoms with van der Waals surface area (Å²) in [5, 5.41) is 2.47. The summed E-state index contributed by atoms with van der Waals surface area (Å²) < 4.78 is 0. The van der Waals surface area contributed by atoms with Crippen LogP contribution in [0.4, 0.5) is 0 Å². The van der Waals surface area contributed by atoms with Gasteiger partial charge in [-0.1, -0.05) is 0 Å². The van der Waals surface area contributed by atoms with Gasteiger partial charge in [0.05, 0.1) is 6.54 Å². The molecule has 1 aromatic heterocycles. The minimum atomic E-state index is -0.833. The molecule has 1 heterocycles. The Morgan fingerprint density at radius 2 is 2.07 bits per heavy atom. The summed E-state index contributed by atoms with van der Waals surface area (Å²) in [6, 6.07) is 1.99. The molecule has 2 amide bonds. The summed E-state index contributed by atoms with van der Waals surface area (Å²) in [5.74, 6) is 3.26. The molecule has 0 bridgehead atoms. The average Bonchev–Trinajstić information content (AvgIpc) is 2.54. The maximum Gasteiger partial charge on any atom is 0.323 e. The number of nitrogens with two attached hydrogens (primary N) is 1. The summed E-state index contributed by atoms with van der Waals surface area (Å²) in [5.41, 5.74) is 2.96. The fourth-order valence-electron chi connectivity index (χ4n) is 1.05. The standard InChI is InChI=1S/C9H13N3O2S/c1-5-3-7(15-6(5)2)4-11-8(13)9(14)12-10/h3H,4,10H2,1-2H3,(H,11,13)(H,12,14). The number of aryl methyl sites for hydroxylation is 2. The Balaban J connectivity index is 2.50. The predicted octanol–water partition coefficient (Wildman–Crippen LogP) is -0.0290. The Hall–Kier alpha value is -1.40. The van der Waals surface area contributed by atoms with Gasteiger partial charge in [-0.3, -0.25) is 15.0 Å². The van der Waals surface area contributed by atoms with Crippen molar-refractivity contribution in [2.45, 2.75) is 20.4 Å². The first-order valence-corrected chi connectivity index (χ1v) is 5.21. The SMILES string of the molecule is Cc1cc(CNC(=O)C(=O)NN)sc1C. The van der Waals surface area contributed by atoms with Crippen LogP contribution in [-0.2, 0) is 16.1 Å². The fraction of sp³-hybridized carbons (Fsp3) is 0.333. The minimum Gasteiger partial charge on any atom is -0.343 e. The molecular formula is C9H13N3O2S. The lowest BCUT2D eigenvalue weighted by atomic mass is 10.3. The van der Waals surface area contributed by atoms with Crippen molar-refractivity contribution in [1.82, 2.24) is 10.7 Å². The molecule has 0 atom stereocenters. The minimum absolute atomic E-state index is 0.353. The summed E-state index contributed by atoms with van der Waals surface area (Å²) in [6.07, 6.45) is 0. The second kappa shape index (κ2) is 4.90. The van der Waals surface area contributed by atoms with Gasteiger partial charge in [-0.15, -0.1) is 11.3 Å². The highest BCUT2D eigenvalue weighted by Crippen LogP contribution is 2.19. The topological polar surface area (TPSA) is 84.2 Å². The van der Waals surface area contributed by atoms with E-state index in [0.29, 0.717) is 6.54 Å². The molecule has 0 spiro atoms. The molecule has 0 aromatic carbocycles. The van der Waals surface area contributed by atoms with Gasteiger partial charge in [-0.2, -0.15) is 0 Å². The van der Waals surface area contributed by atoms with Gasteiger partial charge in [-0.25, -0.2) is 5.84 Å². The van der Waals surface area contributed by atoms with Crippen LogP contribution in [0, 0.1) is 13.8 Å². The average molecular weight is 227 g/mol. The van der Waals surface area contributed by atoms with Gasteiger partial charge in [-0.05, 0) is 25.5 Å². The predicted molar refractivity (Wildman–Crippen MR) is 58.0 cm³/mol. The summed E-state index contributed by atoms with van der Waals surface area (Å²) in [4.78, 5) is 24.0. The number of hydrazine groups is 1. The molecule has 0 saturated heterocycles. The van der Waals surface area contributed by atoms with E-state index in [4.69, 9.17) is 5.84 Å². The van der Waals surface area contributed by atoms with E-state index in [1.807, 2.05) is 19.9 Å². The van der Waals surface area contributed by atoms with E-state index in [2.05, 4.69) is 5.32 Å². The monoisotopic (exact) mass is 227 g/mol. The molecule has 1 aromatic rings. The van der Waals surface area contributed by atoms with Gasteiger partial charge in [0, 0.05) is 9.75 Å². The molecule has 0 radical (unpaired) electrons. The molecule has 0 unspecified atom stereocenters. The van der Waals surface area contributed by atoms with Crippen molar-refractivity contribution in [3.63, 3.8) is 0 Å². The van der Waals surface area contributed by atoms with Gasteiger partial charge >= 0.3 is 11.8 Å². The van der Waals surface area contributed by atoms with Crippen molar-refractivity contribution in [2.24, 2.45) is 5.84 Å². The molecule has 82 valence electrons. The zero-order valence-electron chi connectivity index (χ0n) is 8.59. The lowest BCUT2D eigenvalue weighted by Gasteiger charge is -2.00. The Morgan fingerprint density at radius 1 is 1.40 bits per heavy atom. The van der Waals surface area contributed by atoms with Crippen LogP contribution >= 0.6 is 11.3 Å². The van der Waals surface area contributed by atoms with Crippen molar-refractivity contribution in [3.8, 4) is 0 Å². The number of carbonyl (C=O) groups excluding carboxylic acids is 2. The van der Waals surface area contributed by atoms with Crippen molar-refractivity contribution >= 4 is 23.2 Å². The van der Waals surface area contributed by atoms with Crippen LogP contribution in [0.1, 0.15) is 15.3 Å². The third-order valence-electron chi connectivity index (χ3n) is 1.98. The van der Waals surface area contributed by atoms with Crippen LogP contribution < -0.4 is 16.6 Å². The van der Waals surface area contributed by atoms with E-state index in [1.165, 1.54) is 10.4 Å². The Bertz CT molecular complexity index is 367. The summed E-state index contributed by atoms with van der Waals surface area (Å²) in [7, 11) is 0. The van der Waals surface area contributed by atoms with Crippen LogP contribution in [0.2, 0.25) is 0 Å². The molecular weight excluding hydrogens is 214 g/mol. The van der Waals surface area contributed by atoms with Gasteiger partial charge in [0.2, 0.25) is 0 Å². The molecule has 4 N–H and O–H groups in total. The second-order valence-electron chi connectivity index (χ2n) is 3.11. The molecule has 0 aliphatic carbocycles. The van der Waals surface area contributed by atoms with Gasteiger partial charge in [0.15, 0.2) is 0 Å². The number of amides is 2. The normalized spacial score (nSPS) is 9.80. The van der Waals surface area contributed by atoms with E-state index in [-0.39, 0.29) is 0 Å². The van der Waals surface area contributed by atoms with Crippen LogP contribution in [0.5, 0.6) is 0 Å². The number of carbonyl (C=O) groups is 2. The van der Waals surface area contributed by atoms with Crippen molar-refractivity contribution in [2.75, 3.05) is 0 Å². The van der Waals surface area contributed by atoms with Crippen molar-refractivity contribution in [3.05, 3.63) is 21.4 Å². The first-order valence-electron chi connectivity index (χ1n) is 4.39. The molecule has 6 heteroatoms. The quantitative estimate of drug-likeness (QED) is 0.287. The Kier molecular flexibility index (Phi) is 3.81. The lowest BCUT2D eigenvalue weighted by molar-refractivity contribution is -0.139. The zero-order chi connectivity index (χ0) is 11.4. The molecule has 0 aliphatic rings. The third kappa shape index (κ3) is 3.03. The largest absolute Gasteiger partial charge is 0.343 e. The Labute approximate surface area is 91.6 Å². The third-order valence-corrected chi connectivity index (χ3v) is 3.13. The first kappa shape index (κ1) is 11.7. The second-order valence-corrected chi connectivity index (χ2v) is 4.45. The van der Waals surface area contributed by atoms with Gasteiger partial charge < -0.3 is 5.32 Å². The highest BCUT2D eigenvalue weighted by Gasteiger charge is 2.11. The van der Waals surface area contributed by atoms with Gasteiger partial charge in [0.25, 0.3) is 0 Å². The van der Waals surface area contributed by atoms with Crippen LogP contribution in [0.15, 0.2) is 6.07 Å².